The Kier molecular flexibility index (Phi) is 3.45. The fourth-order valence-electron chi connectivity index (χ4n) is 2.85. The van der Waals surface area contributed by atoms with Crippen molar-refractivity contribution >= 4 is 26.8 Å². The number of anilines is 1. The van der Waals surface area contributed by atoms with Crippen molar-refractivity contribution in [1.82, 2.24) is 19.7 Å². The Morgan fingerprint density at radius 3 is 2.95 bits per heavy atom. The molecule has 1 aliphatic heterocycles. The van der Waals surface area contributed by atoms with Crippen LogP contribution in [0.3, 0.4) is 0 Å². The minimum Gasteiger partial charge on any atom is -0.361 e. The third kappa shape index (κ3) is 2.47. The number of aryl methyl sites for hydroxylation is 2. The maximum Gasteiger partial charge on any atom is 0.185 e. The van der Waals surface area contributed by atoms with Crippen LogP contribution in [0.25, 0.3) is 10.3 Å². The lowest BCUT2D eigenvalue weighted by Gasteiger charge is -2.18. The van der Waals surface area contributed by atoms with Crippen LogP contribution >= 0.6 is 11.3 Å². The van der Waals surface area contributed by atoms with Gasteiger partial charge in [0, 0.05) is 19.6 Å². The minimum atomic E-state index is 0.741. The third-order valence-electron chi connectivity index (χ3n) is 3.97. The van der Waals surface area contributed by atoms with Crippen molar-refractivity contribution in [2.45, 2.75) is 32.2 Å². The summed E-state index contributed by atoms with van der Waals surface area (Å²) in [5.41, 5.74) is 2.06. The number of hydrogen-bond donors (Lipinski definition) is 1. The first kappa shape index (κ1) is 12.9. The van der Waals surface area contributed by atoms with E-state index < -0.39 is 0 Å². The van der Waals surface area contributed by atoms with Crippen LogP contribution in [-0.4, -0.2) is 45.8 Å². The molecule has 6 heteroatoms. The number of aromatic nitrogens is 3. The summed E-state index contributed by atoms with van der Waals surface area (Å²) in [5.74, 6) is 0. The molecule has 1 fully saturated rings. The van der Waals surface area contributed by atoms with Crippen molar-refractivity contribution in [3.63, 3.8) is 0 Å². The van der Waals surface area contributed by atoms with Gasteiger partial charge >= 0.3 is 0 Å². The molecule has 1 saturated heterocycles. The first-order valence-corrected chi connectivity index (χ1v) is 7.71. The van der Waals surface area contributed by atoms with Gasteiger partial charge in [-0.15, -0.1) is 0 Å². The Hall–Kier alpha value is -1.14. The van der Waals surface area contributed by atoms with E-state index in [0.29, 0.717) is 0 Å². The molecule has 0 radical (unpaired) electrons. The Morgan fingerprint density at radius 1 is 1.42 bits per heavy atom. The lowest BCUT2D eigenvalue weighted by molar-refractivity contribution is 0.301. The molecule has 0 saturated carbocycles. The highest BCUT2D eigenvalue weighted by Gasteiger charge is 2.20. The van der Waals surface area contributed by atoms with E-state index in [-0.39, 0.29) is 0 Å². The summed E-state index contributed by atoms with van der Waals surface area (Å²) in [4.78, 5) is 7.08. The smallest absolute Gasteiger partial charge is 0.185 e. The van der Waals surface area contributed by atoms with Gasteiger partial charge in [-0.1, -0.05) is 11.3 Å². The van der Waals surface area contributed by atoms with Gasteiger partial charge in [0.25, 0.3) is 0 Å². The standard InChI is InChI=1S/C13H21N5S/c1-9-11-12(18(3)16-9)15-13(19-11)14-7-6-10-5-4-8-17(10)2/h10H,4-8H2,1-3H3,(H,14,15)/t10-/m1/s1. The number of nitrogens with one attached hydrogen (secondary N) is 1. The normalized spacial score (nSPS) is 20.5. The monoisotopic (exact) mass is 279 g/mol. The number of thiazole rings is 1. The van der Waals surface area contributed by atoms with Gasteiger partial charge in [-0.05, 0) is 39.8 Å². The zero-order valence-electron chi connectivity index (χ0n) is 11.8. The van der Waals surface area contributed by atoms with Crippen LogP contribution in [0.15, 0.2) is 0 Å². The summed E-state index contributed by atoms with van der Waals surface area (Å²) in [5, 5.41) is 8.86. The number of rotatable bonds is 4. The molecular formula is C13H21N5S. The summed E-state index contributed by atoms with van der Waals surface area (Å²) in [6.07, 6.45) is 3.87. The van der Waals surface area contributed by atoms with Crippen LogP contribution in [0.5, 0.6) is 0 Å². The molecule has 104 valence electrons. The summed E-state index contributed by atoms with van der Waals surface area (Å²) >= 11 is 1.71. The Morgan fingerprint density at radius 2 is 2.26 bits per heavy atom. The van der Waals surface area contributed by atoms with Crippen molar-refractivity contribution in [2.24, 2.45) is 7.05 Å². The molecule has 3 rings (SSSR count). The highest BCUT2D eigenvalue weighted by molar-refractivity contribution is 7.22. The minimum absolute atomic E-state index is 0.741. The molecule has 0 bridgehead atoms. The Labute approximate surface area is 117 Å². The number of fused-ring (bicyclic) bond motifs is 1. The van der Waals surface area contributed by atoms with Gasteiger partial charge in [-0.25, -0.2) is 9.67 Å². The number of hydrogen-bond acceptors (Lipinski definition) is 5. The molecule has 0 aromatic carbocycles. The second-order valence-electron chi connectivity index (χ2n) is 5.37. The van der Waals surface area contributed by atoms with E-state index in [1.54, 1.807) is 11.3 Å². The molecule has 2 aromatic rings. The lowest BCUT2D eigenvalue weighted by Crippen LogP contribution is -2.26. The van der Waals surface area contributed by atoms with E-state index in [1.807, 2.05) is 18.7 Å². The third-order valence-corrected chi connectivity index (χ3v) is 5.08. The van der Waals surface area contributed by atoms with Gasteiger partial charge in [-0.2, -0.15) is 5.10 Å². The first-order chi connectivity index (χ1) is 9.15. The first-order valence-electron chi connectivity index (χ1n) is 6.89. The molecule has 19 heavy (non-hydrogen) atoms. The van der Waals surface area contributed by atoms with Crippen molar-refractivity contribution in [3.05, 3.63) is 5.69 Å². The van der Waals surface area contributed by atoms with Crippen LogP contribution in [0.1, 0.15) is 25.0 Å². The molecule has 0 spiro atoms. The number of nitrogens with zero attached hydrogens (tertiary/aromatic N) is 4. The fraction of sp³-hybridized carbons (Fsp3) is 0.692. The van der Waals surface area contributed by atoms with E-state index in [0.717, 1.165) is 29.1 Å². The molecule has 0 amide bonds. The summed E-state index contributed by atoms with van der Waals surface area (Å²) < 4.78 is 3.06. The Balaban J connectivity index is 1.61. The molecule has 0 unspecified atom stereocenters. The van der Waals surface area contributed by atoms with Crippen molar-refractivity contribution < 1.29 is 0 Å². The van der Waals surface area contributed by atoms with Crippen LogP contribution in [0, 0.1) is 6.92 Å². The molecule has 2 aromatic heterocycles. The summed E-state index contributed by atoms with van der Waals surface area (Å²) in [7, 11) is 4.18. The molecule has 3 heterocycles. The maximum atomic E-state index is 4.61. The summed E-state index contributed by atoms with van der Waals surface area (Å²) in [6, 6.07) is 0.741. The van der Waals surface area contributed by atoms with Gasteiger partial charge < -0.3 is 10.2 Å². The largest absolute Gasteiger partial charge is 0.361 e. The SMILES string of the molecule is Cc1nn(C)c2nc(NCC[C@H]3CCCN3C)sc12. The topological polar surface area (TPSA) is 46.0 Å². The predicted molar refractivity (Wildman–Crippen MR) is 79.9 cm³/mol. The molecular weight excluding hydrogens is 258 g/mol. The lowest BCUT2D eigenvalue weighted by atomic mass is 10.1. The van der Waals surface area contributed by atoms with E-state index in [4.69, 9.17) is 0 Å². The quantitative estimate of drug-likeness (QED) is 0.932. The van der Waals surface area contributed by atoms with E-state index in [1.165, 1.54) is 30.5 Å². The van der Waals surface area contributed by atoms with E-state index in [9.17, 15) is 0 Å². The average Bonchev–Trinajstić information content (AvgIpc) is 3.01. The molecule has 0 aliphatic carbocycles. The predicted octanol–water partition coefficient (Wildman–Crippen LogP) is 2.23. The Bertz CT molecular complexity index is 538. The zero-order valence-corrected chi connectivity index (χ0v) is 12.6. The van der Waals surface area contributed by atoms with Gasteiger partial charge in [0.15, 0.2) is 10.8 Å². The van der Waals surface area contributed by atoms with Crippen LogP contribution in [-0.2, 0) is 7.05 Å². The number of likely N-dealkylation sites (tertiary alicyclic amines) is 1. The second-order valence-corrected chi connectivity index (χ2v) is 6.37. The van der Waals surface area contributed by atoms with Gasteiger partial charge in [0.1, 0.15) is 0 Å². The molecule has 1 N–H and O–H groups in total. The van der Waals surface area contributed by atoms with Gasteiger partial charge in [-0.3, -0.25) is 0 Å². The highest BCUT2D eigenvalue weighted by Crippen LogP contribution is 2.28. The van der Waals surface area contributed by atoms with Gasteiger partial charge in [0.05, 0.1) is 10.4 Å². The van der Waals surface area contributed by atoms with Crippen LogP contribution < -0.4 is 5.32 Å². The summed E-state index contributed by atoms with van der Waals surface area (Å²) in [6.45, 7) is 4.29. The van der Waals surface area contributed by atoms with Crippen LogP contribution in [0.2, 0.25) is 0 Å². The molecule has 1 aliphatic rings. The second kappa shape index (κ2) is 5.09. The highest BCUT2D eigenvalue weighted by atomic mass is 32.1. The van der Waals surface area contributed by atoms with Crippen molar-refractivity contribution in [3.8, 4) is 0 Å². The van der Waals surface area contributed by atoms with Crippen molar-refractivity contribution in [1.29, 1.82) is 0 Å². The molecule has 5 nitrogen and oxygen atoms in total. The van der Waals surface area contributed by atoms with Crippen molar-refractivity contribution in [2.75, 3.05) is 25.5 Å². The van der Waals surface area contributed by atoms with E-state index >= 15 is 0 Å². The van der Waals surface area contributed by atoms with Crippen LogP contribution in [0.4, 0.5) is 5.13 Å². The fourth-order valence-corrected chi connectivity index (χ4v) is 3.81. The maximum absolute atomic E-state index is 4.61. The van der Waals surface area contributed by atoms with Gasteiger partial charge in [0.2, 0.25) is 0 Å². The molecule has 1 atom stereocenters. The average molecular weight is 279 g/mol. The van der Waals surface area contributed by atoms with E-state index in [2.05, 4.69) is 27.3 Å². The zero-order chi connectivity index (χ0) is 13.4.